The minimum atomic E-state index is -1.22. The minimum Gasteiger partial charge on any atom is -0.497 e. The molecule has 1 heterocycles. The molecule has 2 aromatic carbocycles. The quantitative estimate of drug-likeness (QED) is 0.575. The molecule has 0 aliphatic heterocycles. The van der Waals surface area contributed by atoms with Crippen molar-refractivity contribution in [3.8, 4) is 5.75 Å². The summed E-state index contributed by atoms with van der Waals surface area (Å²) < 4.78 is 6.64. The van der Waals surface area contributed by atoms with Gasteiger partial charge in [-0.2, -0.15) is 0 Å². The number of fused-ring (bicyclic) bond motifs is 1. The van der Waals surface area contributed by atoms with Crippen molar-refractivity contribution in [3.63, 3.8) is 0 Å². The first kappa shape index (κ1) is 16.2. The van der Waals surface area contributed by atoms with Crippen LogP contribution in [-0.4, -0.2) is 32.8 Å². The fourth-order valence-electron chi connectivity index (χ4n) is 2.53. The molecule has 0 bridgehead atoms. The molecule has 1 aromatic heterocycles. The van der Waals surface area contributed by atoms with Crippen LogP contribution in [0, 0.1) is 10.1 Å². The van der Waals surface area contributed by atoms with Gasteiger partial charge < -0.3 is 14.4 Å². The Bertz CT molecular complexity index is 965. The fourth-order valence-corrected chi connectivity index (χ4v) is 2.53. The predicted octanol–water partition coefficient (Wildman–Crippen LogP) is 3.31. The Morgan fingerprint density at radius 1 is 1.28 bits per heavy atom. The van der Waals surface area contributed by atoms with Gasteiger partial charge in [0.25, 0.3) is 5.69 Å². The molecule has 0 atom stereocenters. The van der Waals surface area contributed by atoms with E-state index >= 15 is 0 Å². The van der Waals surface area contributed by atoms with Crippen molar-refractivity contribution < 1.29 is 19.6 Å². The number of nitro benzene ring substituents is 1. The van der Waals surface area contributed by atoms with Crippen molar-refractivity contribution in [2.24, 2.45) is 7.05 Å². The van der Waals surface area contributed by atoms with Gasteiger partial charge in [-0.25, -0.2) is 14.7 Å². The average Bonchev–Trinajstić information content (AvgIpc) is 2.91. The SMILES string of the molecule is COc1ccc(N(C(=O)O)c2nc3cc([N+](=O)[O-])ccc3n2C)cc1. The summed E-state index contributed by atoms with van der Waals surface area (Å²) in [6, 6.07) is 10.7. The molecular formula is C16H14N4O5. The Morgan fingerprint density at radius 3 is 2.52 bits per heavy atom. The standard InChI is InChI=1S/C16H14N4O5/c1-18-14-8-5-11(20(23)24)9-13(14)17-15(18)19(16(21)22)10-3-6-12(25-2)7-4-10/h3-9H,1-2H3,(H,21,22). The maximum atomic E-state index is 11.8. The lowest BCUT2D eigenvalue weighted by Gasteiger charge is -2.18. The maximum absolute atomic E-state index is 11.8. The number of aromatic nitrogens is 2. The molecule has 25 heavy (non-hydrogen) atoms. The van der Waals surface area contributed by atoms with Crippen molar-refractivity contribution in [1.82, 2.24) is 9.55 Å². The molecule has 0 saturated heterocycles. The van der Waals surface area contributed by atoms with Crippen molar-refractivity contribution in [3.05, 3.63) is 52.6 Å². The number of nitro groups is 1. The molecule has 0 aliphatic rings. The second-order valence-corrected chi connectivity index (χ2v) is 5.22. The van der Waals surface area contributed by atoms with Crippen molar-refractivity contribution in [1.29, 1.82) is 0 Å². The van der Waals surface area contributed by atoms with E-state index in [1.54, 1.807) is 35.9 Å². The summed E-state index contributed by atoms with van der Waals surface area (Å²) in [6.07, 6.45) is -1.22. The van der Waals surface area contributed by atoms with E-state index in [9.17, 15) is 20.0 Å². The van der Waals surface area contributed by atoms with E-state index in [0.29, 0.717) is 22.5 Å². The third-order valence-corrected chi connectivity index (χ3v) is 3.77. The molecule has 9 heteroatoms. The molecule has 128 valence electrons. The zero-order chi connectivity index (χ0) is 18.1. The van der Waals surface area contributed by atoms with Crippen LogP contribution < -0.4 is 9.64 Å². The molecular weight excluding hydrogens is 328 g/mol. The minimum absolute atomic E-state index is 0.108. The second-order valence-electron chi connectivity index (χ2n) is 5.22. The van der Waals surface area contributed by atoms with Gasteiger partial charge in [0, 0.05) is 19.2 Å². The van der Waals surface area contributed by atoms with Crippen molar-refractivity contribution in [2.75, 3.05) is 12.0 Å². The average molecular weight is 342 g/mol. The number of rotatable bonds is 4. The highest BCUT2D eigenvalue weighted by Crippen LogP contribution is 2.30. The highest BCUT2D eigenvalue weighted by Gasteiger charge is 2.23. The number of carboxylic acid groups (broad SMARTS) is 1. The van der Waals surface area contributed by atoms with Crippen LogP contribution in [-0.2, 0) is 7.05 Å². The van der Waals surface area contributed by atoms with Gasteiger partial charge in [0.05, 0.1) is 28.8 Å². The van der Waals surface area contributed by atoms with E-state index in [4.69, 9.17) is 4.74 Å². The molecule has 9 nitrogen and oxygen atoms in total. The lowest BCUT2D eigenvalue weighted by molar-refractivity contribution is -0.384. The largest absolute Gasteiger partial charge is 0.497 e. The number of imidazole rings is 1. The number of non-ortho nitro benzene ring substituents is 1. The number of nitrogens with zero attached hydrogens (tertiary/aromatic N) is 4. The van der Waals surface area contributed by atoms with Gasteiger partial charge in [-0.15, -0.1) is 0 Å². The molecule has 0 saturated carbocycles. The highest BCUT2D eigenvalue weighted by molar-refractivity contribution is 5.95. The number of ether oxygens (including phenoxy) is 1. The van der Waals surface area contributed by atoms with Crippen LogP contribution >= 0.6 is 0 Å². The van der Waals surface area contributed by atoms with Gasteiger partial charge in [-0.3, -0.25) is 10.1 Å². The molecule has 1 N–H and O–H groups in total. The zero-order valence-corrected chi connectivity index (χ0v) is 13.4. The molecule has 3 aromatic rings. The Labute approximate surface area is 141 Å². The lowest BCUT2D eigenvalue weighted by atomic mass is 10.3. The molecule has 1 amide bonds. The van der Waals surface area contributed by atoms with E-state index in [-0.39, 0.29) is 11.6 Å². The zero-order valence-electron chi connectivity index (χ0n) is 13.4. The Hall–Kier alpha value is -3.62. The smallest absolute Gasteiger partial charge is 0.418 e. The highest BCUT2D eigenvalue weighted by atomic mass is 16.6. The van der Waals surface area contributed by atoms with Gasteiger partial charge in [-0.1, -0.05) is 0 Å². The number of benzene rings is 2. The van der Waals surface area contributed by atoms with E-state index < -0.39 is 11.0 Å². The van der Waals surface area contributed by atoms with Gasteiger partial charge in [0.1, 0.15) is 5.75 Å². The van der Waals surface area contributed by atoms with Gasteiger partial charge in [0.2, 0.25) is 5.95 Å². The van der Waals surface area contributed by atoms with Crippen LogP contribution in [0.25, 0.3) is 11.0 Å². The van der Waals surface area contributed by atoms with Crippen LogP contribution in [0.2, 0.25) is 0 Å². The van der Waals surface area contributed by atoms with E-state index in [0.717, 1.165) is 4.90 Å². The summed E-state index contributed by atoms with van der Waals surface area (Å²) in [4.78, 5) is 27.5. The topological polar surface area (TPSA) is 111 Å². The summed E-state index contributed by atoms with van der Waals surface area (Å²) >= 11 is 0. The first-order chi connectivity index (χ1) is 11.9. The van der Waals surface area contributed by atoms with Crippen LogP contribution in [0.4, 0.5) is 22.1 Å². The Morgan fingerprint density at radius 2 is 1.96 bits per heavy atom. The molecule has 3 rings (SSSR count). The van der Waals surface area contributed by atoms with Crippen LogP contribution in [0.5, 0.6) is 5.75 Å². The number of hydrogen-bond acceptors (Lipinski definition) is 5. The van der Waals surface area contributed by atoms with Crippen LogP contribution in [0.1, 0.15) is 0 Å². The third kappa shape index (κ3) is 2.82. The molecule has 0 spiro atoms. The number of anilines is 2. The number of amides is 1. The number of methoxy groups -OCH3 is 1. The first-order valence-corrected chi connectivity index (χ1v) is 7.20. The summed E-state index contributed by atoms with van der Waals surface area (Å²) in [6.45, 7) is 0. The normalized spacial score (nSPS) is 10.6. The summed E-state index contributed by atoms with van der Waals surface area (Å²) in [7, 11) is 3.16. The summed E-state index contributed by atoms with van der Waals surface area (Å²) in [5, 5.41) is 20.5. The predicted molar refractivity (Wildman–Crippen MR) is 90.5 cm³/mol. The Kier molecular flexibility index (Phi) is 3.97. The van der Waals surface area contributed by atoms with E-state index in [1.807, 2.05) is 0 Å². The lowest BCUT2D eigenvalue weighted by Crippen LogP contribution is -2.26. The number of aryl methyl sites for hydroxylation is 1. The monoisotopic (exact) mass is 342 g/mol. The van der Waals surface area contributed by atoms with E-state index in [2.05, 4.69) is 4.98 Å². The van der Waals surface area contributed by atoms with Crippen molar-refractivity contribution >= 4 is 34.4 Å². The summed E-state index contributed by atoms with van der Waals surface area (Å²) in [5.41, 5.74) is 1.19. The number of carbonyl (C=O) groups is 1. The van der Waals surface area contributed by atoms with E-state index in [1.165, 1.54) is 25.3 Å². The molecule has 0 aliphatic carbocycles. The molecule has 0 fully saturated rings. The second kappa shape index (κ2) is 6.11. The van der Waals surface area contributed by atoms with Gasteiger partial charge in [-0.05, 0) is 30.3 Å². The van der Waals surface area contributed by atoms with Crippen LogP contribution in [0.15, 0.2) is 42.5 Å². The number of hydrogen-bond donors (Lipinski definition) is 1. The molecule has 0 radical (unpaired) electrons. The fraction of sp³-hybridized carbons (Fsp3) is 0.125. The van der Waals surface area contributed by atoms with Crippen molar-refractivity contribution in [2.45, 2.75) is 0 Å². The molecule has 0 unspecified atom stereocenters. The maximum Gasteiger partial charge on any atom is 0.418 e. The van der Waals surface area contributed by atoms with Crippen LogP contribution in [0.3, 0.4) is 0 Å². The summed E-state index contributed by atoms with van der Waals surface area (Å²) in [5.74, 6) is 0.725. The third-order valence-electron chi connectivity index (χ3n) is 3.77. The van der Waals surface area contributed by atoms with Gasteiger partial charge >= 0.3 is 6.09 Å². The Balaban J connectivity index is 2.14. The van der Waals surface area contributed by atoms with Gasteiger partial charge in [0.15, 0.2) is 0 Å². The first-order valence-electron chi connectivity index (χ1n) is 7.20.